The fourth-order valence-electron chi connectivity index (χ4n) is 2.24. The van der Waals surface area contributed by atoms with Crippen molar-refractivity contribution in [2.45, 2.75) is 27.3 Å². The molecule has 0 unspecified atom stereocenters. The molecule has 3 rings (SSSR count). The molecule has 2 nitrogen and oxygen atoms in total. The minimum Gasteiger partial charge on any atom is -0.286 e. The number of nitrogens with zero attached hydrogens (tertiary/aromatic N) is 1. The largest absolute Gasteiger partial charge is 0.286 e. The number of Topliss-reactive ketones (excluding diaryl/α,β-unsaturated/α-hetero) is 1. The lowest BCUT2D eigenvalue weighted by Crippen LogP contribution is -2.38. The first kappa shape index (κ1) is 13.5. The van der Waals surface area contributed by atoms with Gasteiger partial charge in [0, 0.05) is 11.6 Å². The Labute approximate surface area is 126 Å². The highest BCUT2D eigenvalue weighted by atomic mass is 32.1. The van der Waals surface area contributed by atoms with Crippen molar-refractivity contribution in [3.8, 4) is 0 Å². The monoisotopic (exact) mass is 302 g/mol. The quantitative estimate of drug-likeness (QED) is 0.528. The molecule has 2 aromatic heterocycles. The molecule has 0 aliphatic heterocycles. The van der Waals surface area contributed by atoms with E-state index in [1.54, 1.807) is 22.7 Å². The van der Waals surface area contributed by atoms with Gasteiger partial charge in [0.1, 0.15) is 0 Å². The van der Waals surface area contributed by atoms with Crippen LogP contribution in [0, 0.1) is 20.8 Å². The van der Waals surface area contributed by atoms with Gasteiger partial charge in [0.25, 0.3) is 0 Å². The fourth-order valence-corrected chi connectivity index (χ4v) is 4.12. The molecule has 0 amide bonds. The smallest absolute Gasteiger partial charge is 0.237 e. The zero-order valence-corrected chi connectivity index (χ0v) is 13.4. The summed E-state index contributed by atoms with van der Waals surface area (Å²) in [4.78, 5) is 14.6. The molecule has 0 fully saturated rings. The van der Waals surface area contributed by atoms with E-state index in [9.17, 15) is 4.79 Å². The summed E-state index contributed by atoms with van der Waals surface area (Å²) in [5.74, 6) is 0.191. The van der Waals surface area contributed by atoms with Gasteiger partial charge in [-0.2, -0.15) is 4.57 Å². The summed E-state index contributed by atoms with van der Waals surface area (Å²) in [6.45, 7) is 6.67. The van der Waals surface area contributed by atoms with Crippen LogP contribution < -0.4 is 4.57 Å². The number of thiophene rings is 1. The van der Waals surface area contributed by atoms with Crippen molar-refractivity contribution in [2.24, 2.45) is 0 Å². The number of rotatable bonds is 3. The Morgan fingerprint density at radius 3 is 2.70 bits per heavy atom. The van der Waals surface area contributed by atoms with Crippen LogP contribution in [0.2, 0.25) is 0 Å². The van der Waals surface area contributed by atoms with Gasteiger partial charge in [-0.25, -0.2) is 0 Å². The number of aromatic nitrogens is 1. The number of ketones is 1. The number of carbonyl (C=O) groups is 1. The molecular weight excluding hydrogens is 286 g/mol. The minimum absolute atomic E-state index is 0.191. The van der Waals surface area contributed by atoms with E-state index in [0.717, 1.165) is 4.88 Å². The van der Waals surface area contributed by atoms with Crippen molar-refractivity contribution in [2.75, 3.05) is 0 Å². The van der Waals surface area contributed by atoms with Crippen LogP contribution in [0.5, 0.6) is 0 Å². The Balaban J connectivity index is 1.93. The van der Waals surface area contributed by atoms with Crippen LogP contribution in [0.25, 0.3) is 10.1 Å². The number of fused-ring (bicyclic) bond motifs is 1. The second-order valence-corrected chi connectivity index (χ2v) is 7.16. The third-order valence-corrected chi connectivity index (χ3v) is 5.82. The molecule has 0 N–H and O–H groups in total. The molecule has 20 heavy (non-hydrogen) atoms. The zero-order valence-electron chi connectivity index (χ0n) is 11.8. The molecule has 0 spiro atoms. The van der Waals surface area contributed by atoms with Crippen LogP contribution in [-0.4, -0.2) is 5.78 Å². The van der Waals surface area contributed by atoms with Crippen molar-refractivity contribution in [1.29, 1.82) is 0 Å². The van der Waals surface area contributed by atoms with E-state index in [4.69, 9.17) is 0 Å². The van der Waals surface area contributed by atoms with E-state index in [0.29, 0.717) is 6.54 Å². The molecule has 0 aliphatic carbocycles. The van der Waals surface area contributed by atoms with E-state index >= 15 is 0 Å². The van der Waals surface area contributed by atoms with Gasteiger partial charge in [-0.1, -0.05) is 23.5 Å². The molecule has 4 heteroatoms. The molecule has 0 saturated heterocycles. The number of carbonyl (C=O) groups excluding carboxylic acids is 1. The number of aryl methyl sites for hydroxylation is 2. The number of benzene rings is 1. The standard InChI is InChI=1S/C16H16NOS2/c1-10-5-4-6-15-13(10)7-16(20-15)14(18)8-17-9-19-12(3)11(17)2/h4-7,9H,8H2,1-3H3/q+1. The average Bonchev–Trinajstić information content (AvgIpc) is 2.99. The molecule has 0 atom stereocenters. The van der Waals surface area contributed by atoms with Gasteiger partial charge in [-0.15, -0.1) is 11.3 Å². The van der Waals surface area contributed by atoms with E-state index < -0.39 is 0 Å². The summed E-state index contributed by atoms with van der Waals surface area (Å²) in [6, 6.07) is 8.25. The summed E-state index contributed by atoms with van der Waals surface area (Å²) in [7, 11) is 0. The van der Waals surface area contributed by atoms with Crippen LogP contribution in [0.4, 0.5) is 0 Å². The average molecular weight is 302 g/mol. The van der Waals surface area contributed by atoms with Gasteiger partial charge >= 0.3 is 0 Å². The van der Waals surface area contributed by atoms with E-state index in [1.807, 2.05) is 22.2 Å². The van der Waals surface area contributed by atoms with Crippen molar-refractivity contribution < 1.29 is 9.36 Å². The Morgan fingerprint density at radius 1 is 1.25 bits per heavy atom. The molecule has 0 aliphatic rings. The maximum absolute atomic E-state index is 12.5. The van der Waals surface area contributed by atoms with Gasteiger partial charge in [0.05, 0.1) is 9.75 Å². The summed E-state index contributed by atoms with van der Waals surface area (Å²) in [5, 5.41) is 1.20. The summed E-state index contributed by atoms with van der Waals surface area (Å²) in [5.41, 5.74) is 4.44. The van der Waals surface area contributed by atoms with Gasteiger partial charge < -0.3 is 0 Å². The summed E-state index contributed by atoms with van der Waals surface area (Å²) < 4.78 is 3.23. The second-order valence-electron chi connectivity index (χ2n) is 5.01. The van der Waals surface area contributed by atoms with Crippen LogP contribution in [-0.2, 0) is 6.54 Å². The van der Waals surface area contributed by atoms with Gasteiger partial charge in [0.2, 0.25) is 17.8 Å². The highest BCUT2D eigenvalue weighted by molar-refractivity contribution is 7.20. The van der Waals surface area contributed by atoms with Gasteiger partial charge in [0.15, 0.2) is 5.69 Å². The second kappa shape index (κ2) is 5.11. The van der Waals surface area contributed by atoms with Crippen molar-refractivity contribution in [3.05, 3.63) is 50.8 Å². The lowest BCUT2D eigenvalue weighted by atomic mass is 10.1. The maximum Gasteiger partial charge on any atom is 0.237 e. The third kappa shape index (κ3) is 2.30. The molecule has 3 aromatic rings. The Morgan fingerprint density at radius 2 is 2.05 bits per heavy atom. The maximum atomic E-state index is 12.5. The van der Waals surface area contributed by atoms with Gasteiger partial charge in [-0.05, 0) is 36.9 Å². The highest BCUT2D eigenvalue weighted by Gasteiger charge is 2.19. The first-order chi connectivity index (χ1) is 9.56. The third-order valence-electron chi connectivity index (χ3n) is 3.67. The first-order valence-corrected chi connectivity index (χ1v) is 8.22. The highest BCUT2D eigenvalue weighted by Crippen LogP contribution is 2.28. The summed E-state index contributed by atoms with van der Waals surface area (Å²) >= 11 is 3.28. The van der Waals surface area contributed by atoms with Crippen LogP contribution in [0.3, 0.4) is 0 Å². The Hall–Kier alpha value is -1.52. The lowest BCUT2D eigenvalue weighted by molar-refractivity contribution is -0.684. The topological polar surface area (TPSA) is 20.9 Å². The lowest BCUT2D eigenvalue weighted by Gasteiger charge is -1.93. The zero-order chi connectivity index (χ0) is 14.3. The number of thiazole rings is 1. The molecule has 2 heterocycles. The molecule has 102 valence electrons. The number of hydrogen-bond acceptors (Lipinski definition) is 3. The predicted molar refractivity (Wildman–Crippen MR) is 84.9 cm³/mol. The van der Waals surface area contributed by atoms with Crippen LogP contribution >= 0.6 is 22.7 Å². The van der Waals surface area contributed by atoms with E-state index in [1.165, 1.54) is 26.2 Å². The van der Waals surface area contributed by atoms with Crippen molar-refractivity contribution in [1.82, 2.24) is 0 Å². The predicted octanol–water partition coefficient (Wildman–Crippen LogP) is 4.06. The van der Waals surface area contributed by atoms with E-state index in [2.05, 4.69) is 32.9 Å². The van der Waals surface area contributed by atoms with Crippen LogP contribution in [0.15, 0.2) is 29.8 Å². The first-order valence-electron chi connectivity index (χ1n) is 6.53. The van der Waals surface area contributed by atoms with Gasteiger partial charge in [-0.3, -0.25) is 4.79 Å². The Kier molecular flexibility index (Phi) is 3.44. The minimum atomic E-state index is 0.191. The van der Waals surface area contributed by atoms with Crippen LogP contribution in [0.1, 0.15) is 25.8 Å². The Bertz CT molecular complexity index is 798. The van der Waals surface area contributed by atoms with Crippen molar-refractivity contribution >= 4 is 38.5 Å². The molecule has 0 saturated carbocycles. The molecule has 0 radical (unpaired) electrons. The normalized spacial score (nSPS) is 11.2. The molecule has 1 aromatic carbocycles. The molecule has 0 bridgehead atoms. The summed E-state index contributed by atoms with van der Waals surface area (Å²) in [6.07, 6.45) is 0. The fraction of sp³-hybridized carbons (Fsp3) is 0.250. The van der Waals surface area contributed by atoms with Crippen molar-refractivity contribution in [3.63, 3.8) is 0 Å². The molecular formula is C16H16NOS2+. The number of hydrogen-bond donors (Lipinski definition) is 0. The van der Waals surface area contributed by atoms with E-state index in [-0.39, 0.29) is 5.78 Å². The SMILES string of the molecule is Cc1sc[n+](CC(=O)c2cc3c(C)cccc3s2)c1C.